The fourth-order valence-electron chi connectivity index (χ4n) is 2.79. The van der Waals surface area contributed by atoms with Crippen LogP contribution in [-0.2, 0) is 12.8 Å². The number of rotatable bonds is 3. The van der Waals surface area contributed by atoms with Gasteiger partial charge in [-0.05, 0) is 55.0 Å². The summed E-state index contributed by atoms with van der Waals surface area (Å²) in [6.45, 7) is 2.15. The lowest BCUT2D eigenvalue weighted by molar-refractivity contribution is 0.475. The molecule has 1 atom stereocenters. The van der Waals surface area contributed by atoms with Gasteiger partial charge in [-0.1, -0.05) is 24.3 Å². The summed E-state index contributed by atoms with van der Waals surface area (Å²) in [5.74, 6) is 0.297. The number of fused-ring (bicyclic) bond motifs is 1. The van der Waals surface area contributed by atoms with Crippen molar-refractivity contribution < 1.29 is 5.11 Å². The first-order valence-corrected chi connectivity index (χ1v) is 6.89. The molecule has 98 valence electrons. The van der Waals surface area contributed by atoms with Gasteiger partial charge in [0.15, 0.2) is 0 Å². The Bertz CT molecular complexity index is 592. The lowest BCUT2D eigenvalue weighted by atomic mass is 10.0. The number of hydrogen-bond acceptors (Lipinski definition) is 2. The van der Waals surface area contributed by atoms with Gasteiger partial charge in [-0.25, -0.2) is 0 Å². The van der Waals surface area contributed by atoms with Gasteiger partial charge in [0, 0.05) is 17.8 Å². The van der Waals surface area contributed by atoms with Crippen LogP contribution in [0.5, 0.6) is 5.75 Å². The number of aromatic hydroxyl groups is 1. The van der Waals surface area contributed by atoms with E-state index in [0.29, 0.717) is 5.75 Å². The first-order valence-electron chi connectivity index (χ1n) is 6.89. The summed E-state index contributed by atoms with van der Waals surface area (Å²) in [6.07, 6.45) is 3.72. The first kappa shape index (κ1) is 12.1. The molecule has 3 rings (SSSR count). The molecule has 2 heteroatoms. The summed E-state index contributed by atoms with van der Waals surface area (Å²) in [6, 6.07) is 14.3. The molecule has 0 heterocycles. The topological polar surface area (TPSA) is 32.3 Å². The number of nitrogens with one attached hydrogen (secondary N) is 1. The molecular formula is C17H19NO. The smallest absolute Gasteiger partial charge is 0.117 e. The number of benzene rings is 2. The van der Waals surface area contributed by atoms with Gasteiger partial charge >= 0.3 is 0 Å². The van der Waals surface area contributed by atoms with Crippen molar-refractivity contribution in [3.05, 3.63) is 59.2 Å². The Morgan fingerprint density at radius 1 is 1.05 bits per heavy atom. The second kappa shape index (κ2) is 4.96. The van der Waals surface area contributed by atoms with Gasteiger partial charge in [0.25, 0.3) is 0 Å². The van der Waals surface area contributed by atoms with Crippen LogP contribution >= 0.6 is 0 Å². The van der Waals surface area contributed by atoms with Crippen molar-refractivity contribution in [1.82, 2.24) is 0 Å². The maximum Gasteiger partial charge on any atom is 0.117 e. The molecule has 0 amide bonds. The Morgan fingerprint density at radius 2 is 1.89 bits per heavy atom. The molecule has 2 aromatic rings. The van der Waals surface area contributed by atoms with Crippen molar-refractivity contribution in [2.24, 2.45) is 0 Å². The van der Waals surface area contributed by atoms with Crippen LogP contribution in [0.15, 0.2) is 42.5 Å². The van der Waals surface area contributed by atoms with Crippen LogP contribution in [0.2, 0.25) is 0 Å². The second-order valence-corrected chi connectivity index (χ2v) is 5.30. The first-order chi connectivity index (χ1) is 9.22. The van der Waals surface area contributed by atoms with Crippen molar-refractivity contribution >= 4 is 5.69 Å². The van der Waals surface area contributed by atoms with Crippen LogP contribution in [0.4, 0.5) is 5.69 Å². The Morgan fingerprint density at radius 3 is 2.74 bits per heavy atom. The molecule has 1 aliphatic carbocycles. The summed E-state index contributed by atoms with van der Waals surface area (Å²) >= 11 is 0. The minimum Gasteiger partial charge on any atom is -0.508 e. The van der Waals surface area contributed by atoms with Crippen molar-refractivity contribution in [3.63, 3.8) is 0 Å². The average Bonchev–Trinajstić information content (AvgIpc) is 2.85. The zero-order valence-corrected chi connectivity index (χ0v) is 11.2. The van der Waals surface area contributed by atoms with Crippen LogP contribution < -0.4 is 5.32 Å². The molecule has 1 aliphatic rings. The molecule has 0 spiro atoms. The van der Waals surface area contributed by atoms with E-state index >= 15 is 0 Å². The van der Waals surface area contributed by atoms with E-state index in [9.17, 15) is 5.11 Å². The van der Waals surface area contributed by atoms with E-state index in [-0.39, 0.29) is 6.04 Å². The lowest BCUT2D eigenvalue weighted by Crippen LogP contribution is -2.07. The molecule has 0 saturated heterocycles. The largest absolute Gasteiger partial charge is 0.508 e. The highest BCUT2D eigenvalue weighted by Crippen LogP contribution is 2.27. The molecule has 0 radical (unpaired) electrons. The Balaban J connectivity index is 1.78. The van der Waals surface area contributed by atoms with Gasteiger partial charge in [-0.3, -0.25) is 0 Å². The summed E-state index contributed by atoms with van der Waals surface area (Å²) in [5, 5.41) is 12.9. The quantitative estimate of drug-likeness (QED) is 0.864. The van der Waals surface area contributed by atoms with Gasteiger partial charge < -0.3 is 10.4 Å². The fourth-order valence-corrected chi connectivity index (χ4v) is 2.79. The van der Waals surface area contributed by atoms with Crippen molar-refractivity contribution in [2.45, 2.75) is 32.2 Å². The van der Waals surface area contributed by atoms with Crippen LogP contribution in [-0.4, -0.2) is 5.11 Å². The summed E-state index contributed by atoms with van der Waals surface area (Å²) < 4.78 is 0. The Labute approximate surface area is 114 Å². The number of aryl methyl sites for hydroxylation is 2. The summed E-state index contributed by atoms with van der Waals surface area (Å²) in [5.41, 5.74) is 5.27. The van der Waals surface area contributed by atoms with Crippen LogP contribution in [0.1, 0.15) is 36.1 Å². The van der Waals surface area contributed by atoms with E-state index in [4.69, 9.17) is 0 Å². The molecule has 2 N–H and O–H groups in total. The highest BCUT2D eigenvalue weighted by molar-refractivity contribution is 5.50. The minimum absolute atomic E-state index is 0.243. The summed E-state index contributed by atoms with van der Waals surface area (Å²) in [7, 11) is 0. The molecule has 19 heavy (non-hydrogen) atoms. The van der Waals surface area contributed by atoms with Crippen LogP contribution in [0.25, 0.3) is 0 Å². The molecule has 0 aliphatic heterocycles. The number of phenols is 1. The third kappa shape index (κ3) is 2.58. The van der Waals surface area contributed by atoms with Crippen molar-refractivity contribution in [3.8, 4) is 5.75 Å². The number of phenolic OH excluding ortho intramolecular Hbond substituents is 1. The Hall–Kier alpha value is -1.96. The second-order valence-electron chi connectivity index (χ2n) is 5.30. The van der Waals surface area contributed by atoms with E-state index in [1.54, 1.807) is 12.1 Å². The zero-order chi connectivity index (χ0) is 13.2. The van der Waals surface area contributed by atoms with E-state index in [1.807, 2.05) is 12.1 Å². The van der Waals surface area contributed by atoms with Crippen molar-refractivity contribution in [1.29, 1.82) is 0 Å². The highest BCUT2D eigenvalue weighted by atomic mass is 16.3. The predicted molar refractivity (Wildman–Crippen MR) is 78.6 cm³/mol. The molecule has 2 aromatic carbocycles. The average molecular weight is 253 g/mol. The highest BCUT2D eigenvalue weighted by Gasteiger charge is 2.13. The number of hydrogen-bond donors (Lipinski definition) is 2. The van der Waals surface area contributed by atoms with Gasteiger partial charge in [-0.2, -0.15) is 0 Å². The van der Waals surface area contributed by atoms with Crippen LogP contribution in [0, 0.1) is 0 Å². The van der Waals surface area contributed by atoms with Gasteiger partial charge in [0.1, 0.15) is 5.75 Å². The van der Waals surface area contributed by atoms with Gasteiger partial charge in [0.2, 0.25) is 0 Å². The monoisotopic (exact) mass is 253 g/mol. The SMILES string of the molecule is CC(Nc1cccc(O)c1)c1ccc2c(c1)CCC2. The van der Waals surface area contributed by atoms with E-state index in [1.165, 1.54) is 36.0 Å². The normalized spacial score (nSPS) is 15.0. The van der Waals surface area contributed by atoms with E-state index in [2.05, 4.69) is 30.4 Å². The third-order valence-corrected chi connectivity index (χ3v) is 3.85. The number of anilines is 1. The summed E-state index contributed by atoms with van der Waals surface area (Å²) in [4.78, 5) is 0. The molecule has 0 bridgehead atoms. The third-order valence-electron chi connectivity index (χ3n) is 3.85. The fraction of sp³-hybridized carbons (Fsp3) is 0.294. The zero-order valence-electron chi connectivity index (χ0n) is 11.2. The Kier molecular flexibility index (Phi) is 3.16. The van der Waals surface area contributed by atoms with E-state index in [0.717, 1.165) is 5.69 Å². The molecule has 0 aromatic heterocycles. The molecule has 0 fully saturated rings. The van der Waals surface area contributed by atoms with Crippen molar-refractivity contribution in [2.75, 3.05) is 5.32 Å². The lowest BCUT2D eigenvalue weighted by Gasteiger charge is -2.17. The molecule has 0 saturated carbocycles. The molecule has 1 unspecified atom stereocenters. The molecule has 2 nitrogen and oxygen atoms in total. The predicted octanol–water partition coefficient (Wildman–Crippen LogP) is 4.05. The van der Waals surface area contributed by atoms with E-state index < -0.39 is 0 Å². The van der Waals surface area contributed by atoms with Gasteiger partial charge in [0.05, 0.1) is 0 Å². The van der Waals surface area contributed by atoms with Gasteiger partial charge in [-0.15, -0.1) is 0 Å². The maximum absolute atomic E-state index is 9.48. The minimum atomic E-state index is 0.243. The standard InChI is InChI=1S/C17H19NO/c1-12(18-16-6-3-7-17(19)11-16)14-9-8-13-4-2-5-15(13)10-14/h3,6-12,18-19H,2,4-5H2,1H3. The molecular weight excluding hydrogens is 234 g/mol. The van der Waals surface area contributed by atoms with Crippen LogP contribution in [0.3, 0.4) is 0 Å². The maximum atomic E-state index is 9.48.